The molecule has 0 aliphatic heterocycles. The van der Waals surface area contributed by atoms with Crippen LogP contribution in [0.25, 0.3) is 11.3 Å². The van der Waals surface area contributed by atoms with Crippen molar-refractivity contribution in [1.82, 2.24) is 9.55 Å². The zero-order chi connectivity index (χ0) is 29.0. The Morgan fingerprint density at radius 1 is 1.13 bits per heavy atom. The first-order valence-corrected chi connectivity index (χ1v) is 12.9. The third-order valence-corrected chi connectivity index (χ3v) is 6.26. The number of alkyl halides is 3. The van der Waals surface area contributed by atoms with Gasteiger partial charge in [-0.15, -0.1) is 0 Å². The lowest BCUT2D eigenvalue weighted by atomic mass is 9.97. The molecule has 1 fully saturated rings. The van der Waals surface area contributed by atoms with Gasteiger partial charge in [-0.25, -0.2) is 4.98 Å². The number of carbonyl (C=O) groups excluding carboxylic acids is 1. The first-order valence-electron chi connectivity index (χ1n) is 12.9. The van der Waals surface area contributed by atoms with Gasteiger partial charge in [0, 0.05) is 23.6 Å². The third kappa shape index (κ3) is 8.71. The van der Waals surface area contributed by atoms with E-state index >= 15 is 0 Å². The molecule has 39 heavy (non-hydrogen) atoms. The van der Waals surface area contributed by atoms with Crippen molar-refractivity contribution in [2.24, 2.45) is 11.8 Å². The molecule has 1 heterocycles. The fraction of sp³-hybridized carbons (Fsp3) is 0.400. The van der Waals surface area contributed by atoms with Gasteiger partial charge in [-0.2, -0.15) is 13.2 Å². The van der Waals surface area contributed by atoms with Crippen LogP contribution in [0.1, 0.15) is 50.1 Å². The second kappa shape index (κ2) is 15.1. The molecule has 2 aromatic carbocycles. The smallest absolute Gasteiger partial charge is 0.450 e. The van der Waals surface area contributed by atoms with Gasteiger partial charge < -0.3 is 14.6 Å². The summed E-state index contributed by atoms with van der Waals surface area (Å²) in [5.41, 5.74) is 2.58. The summed E-state index contributed by atoms with van der Waals surface area (Å²) in [6.45, 7) is 5.76. The summed E-state index contributed by atoms with van der Waals surface area (Å²) in [5, 5.41) is 9.97. The normalized spacial score (nSPS) is 16.9. The predicted molar refractivity (Wildman–Crippen MR) is 146 cm³/mol. The molecule has 1 aliphatic rings. The fourth-order valence-electron chi connectivity index (χ4n) is 4.41. The molecule has 0 amide bonds. The summed E-state index contributed by atoms with van der Waals surface area (Å²) in [6.07, 6.45) is 1.61. The zero-order valence-corrected chi connectivity index (χ0v) is 23.0. The molecule has 6 nitrogen and oxygen atoms in total. The molecule has 0 radical (unpaired) electrons. The molecule has 1 N–H and O–H groups in total. The quantitative estimate of drug-likeness (QED) is 0.341. The maximum atomic E-state index is 13.2. The molecule has 212 valence electrons. The molecule has 2 atom stereocenters. The van der Waals surface area contributed by atoms with Crippen LogP contribution in [0.5, 0.6) is 5.75 Å². The number of allylic oxidation sites excluding steroid dienone is 1. The summed E-state index contributed by atoms with van der Waals surface area (Å²) in [6, 6.07) is 14.8. The maximum absolute atomic E-state index is 13.2. The van der Waals surface area contributed by atoms with E-state index in [-0.39, 0.29) is 30.1 Å². The van der Waals surface area contributed by atoms with Crippen molar-refractivity contribution in [3.05, 3.63) is 84.0 Å². The number of nitrogens with zero attached hydrogens (tertiary/aromatic N) is 2. The van der Waals surface area contributed by atoms with E-state index in [9.17, 15) is 23.1 Å². The van der Waals surface area contributed by atoms with Crippen LogP contribution in [-0.2, 0) is 15.7 Å². The lowest BCUT2D eigenvalue weighted by molar-refractivity contribution is -0.146. The third-order valence-electron chi connectivity index (χ3n) is 6.26. The fourth-order valence-corrected chi connectivity index (χ4v) is 4.41. The monoisotopic (exact) mass is 546 g/mol. The van der Waals surface area contributed by atoms with E-state index < -0.39 is 12.0 Å². The van der Waals surface area contributed by atoms with Gasteiger partial charge in [0.25, 0.3) is 0 Å². The van der Waals surface area contributed by atoms with Crippen LogP contribution in [0, 0.1) is 18.8 Å². The van der Waals surface area contributed by atoms with E-state index in [0.717, 1.165) is 17.2 Å². The van der Waals surface area contributed by atoms with Gasteiger partial charge in [0.2, 0.25) is 5.82 Å². The summed E-state index contributed by atoms with van der Waals surface area (Å²) in [4.78, 5) is 15.2. The number of halogens is 3. The number of aryl methyl sites for hydroxylation is 1. The molecule has 0 bridgehead atoms. The van der Waals surface area contributed by atoms with Crippen molar-refractivity contribution in [2.75, 3.05) is 20.8 Å². The average Bonchev–Trinajstić information content (AvgIpc) is 3.63. The number of rotatable bonds is 6. The molecular formula is C30H37F3N2O4. The number of ether oxygens (including phenoxy) is 2. The summed E-state index contributed by atoms with van der Waals surface area (Å²) in [7, 11) is 2.81. The topological polar surface area (TPSA) is 73.6 Å². The van der Waals surface area contributed by atoms with Crippen LogP contribution in [-0.4, -0.2) is 41.5 Å². The van der Waals surface area contributed by atoms with Gasteiger partial charge in [0.1, 0.15) is 5.75 Å². The number of imidazole rings is 1. The minimum Gasteiger partial charge on any atom is -0.496 e. The van der Waals surface area contributed by atoms with Crippen LogP contribution in [0.4, 0.5) is 13.2 Å². The number of aliphatic hydroxyl groups excluding tert-OH is 1. The highest BCUT2D eigenvalue weighted by molar-refractivity contribution is 5.74. The first kappa shape index (κ1) is 31.6. The molecule has 9 heteroatoms. The Morgan fingerprint density at radius 3 is 2.36 bits per heavy atom. The first-order chi connectivity index (χ1) is 18.7. The highest BCUT2D eigenvalue weighted by atomic mass is 19.4. The molecule has 1 aromatic heterocycles. The Morgan fingerprint density at radius 2 is 1.82 bits per heavy atom. The minimum absolute atomic E-state index is 0.0450. The molecule has 1 aliphatic carbocycles. The van der Waals surface area contributed by atoms with Crippen LogP contribution in [0.3, 0.4) is 0 Å². The number of aromatic nitrogens is 2. The van der Waals surface area contributed by atoms with Crippen LogP contribution >= 0.6 is 0 Å². The number of esters is 1. The van der Waals surface area contributed by atoms with E-state index in [1.807, 2.05) is 38.1 Å². The maximum Gasteiger partial charge on any atom is 0.450 e. The molecule has 4 rings (SSSR count). The number of aliphatic hydroxyl groups is 1. The van der Waals surface area contributed by atoms with Gasteiger partial charge in [-0.1, -0.05) is 55.8 Å². The lowest BCUT2D eigenvalue weighted by Gasteiger charge is -2.16. The highest BCUT2D eigenvalue weighted by Gasteiger charge is 2.36. The van der Waals surface area contributed by atoms with Crippen molar-refractivity contribution in [3.8, 4) is 11.4 Å². The largest absolute Gasteiger partial charge is 0.496 e. The Labute approximate surface area is 228 Å². The Bertz CT molecular complexity index is 1210. The lowest BCUT2D eigenvalue weighted by Crippen LogP contribution is -2.14. The number of methoxy groups -OCH3 is 2. The van der Waals surface area contributed by atoms with E-state index in [1.165, 1.54) is 38.1 Å². The van der Waals surface area contributed by atoms with Crippen molar-refractivity contribution >= 4 is 11.5 Å². The van der Waals surface area contributed by atoms with E-state index in [4.69, 9.17) is 9.47 Å². The van der Waals surface area contributed by atoms with E-state index in [2.05, 4.69) is 24.0 Å². The molecule has 3 aromatic rings. The van der Waals surface area contributed by atoms with Crippen molar-refractivity contribution < 1.29 is 32.5 Å². The minimum atomic E-state index is -4.61. The Kier molecular flexibility index (Phi) is 12.3. The Balaban J connectivity index is 0.000000507. The zero-order valence-electron chi connectivity index (χ0n) is 23.0. The summed E-state index contributed by atoms with van der Waals surface area (Å²) >= 11 is 0. The second-order valence-electron chi connectivity index (χ2n) is 8.80. The van der Waals surface area contributed by atoms with Gasteiger partial charge in [-0.3, -0.25) is 9.36 Å². The van der Waals surface area contributed by atoms with E-state index in [0.29, 0.717) is 29.7 Å². The van der Waals surface area contributed by atoms with Gasteiger partial charge in [0.05, 0.1) is 26.7 Å². The average molecular weight is 547 g/mol. The van der Waals surface area contributed by atoms with Gasteiger partial charge in [-0.05, 0) is 55.9 Å². The van der Waals surface area contributed by atoms with Crippen molar-refractivity contribution in [2.45, 2.75) is 46.2 Å². The molecule has 0 saturated heterocycles. The summed E-state index contributed by atoms with van der Waals surface area (Å²) in [5.74, 6) is -1.01. The number of benzene rings is 2. The molecule has 0 unspecified atom stereocenters. The van der Waals surface area contributed by atoms with Crippen molar-refractivity contribution in [3.63, 3.8) is 0 Å². The van der Waals surface area contributed by atoms with Crippen molar-refractivity contribution in [1.29, 1.82) is 0 Å². The van der Waals surface area contributed by atoms with Gasteiger partial charge >= 0.3 is 12.1 Å². The SMILES string of the molecule is CC.COC(=O)[C@H]1CC[C@@H](/C=C(\CO)c2cc(-n3ccnc3C(F)(F)F)ccc2OC)C1.Cc1ccccc1. The summed E-state index contributed by atoms with van der Waals surface area (Å²) < 4.78 is 50.8. The van der Waals surface area contributed by atoms with Gasteiger partial charge in [0.15, 0.2) is 0 Å². The second-order valence-corrected chi connectivity index (χ2v) is 8.80. The standard InChI is InChI=1S/C21H23F3N2O4.C7H8.C2H6/c1-29-18-6-5-16(26-8-7-25-20(26)21(22,23)24)11-17(18)15(12-27)10-13-3-4-14(9-13)19(28)30-2;1-7-5-3-2-4-6-7;1-2/h5-8,10-11,13-14,27H,3-4,9,12H2,1-2H3;2-6H,1H3;1-2H3/b15-10+;;/t13-,14+;;/m1../s1. The molecule has 0 spiro atoms. The van der Waals surface area contributed by atoms with Crippen LogP contribution in [0.15, 0.2) is 67.0 Å². The predicted octanol–water partition coefficient (Wildman–Crippen LogP) is 6.89. The molecular weight excluding hydrogens is 509 g/mol. The number of carbonyl (C=O) groups is 1. The number of hydrogen-bond donors (Lipinski definition) is 1. The Hall–Kier alpha value is -3.59. The highest BCUT2D eigenvalue weighted by Crippen LogP contribution is 2.37. The van der Waals surface area contributed by atoms with E-state index in [1.54, 1.807) is 6.07 Å². The number of hydrogen-bond acceptors (Lipinski definition) is 5. The van der Waals surface area contributed by atoms with Crippen LogP contribution in [0.2, 0.25) is 0 Å². The van der Waals surface area contributed by atoms with Crippen LogP contribution < -0.4 is 4.74 Å². The molecule has 1 saturated carbocycles.